The summed E-state index contributed by atoms with van der Waals surface area (Å²) in [5.41, 5.74) is 2.58. The molecule has 5 heteroatoms. The number of carbonyl (C=O) groups excluding carboxylic acids is 2. The Balaban J connectivity index is 2.20. The van der Waals surface area contributed by atoms with Crippen molar-refractivity contribution in [3.8, 4) is 6.07 Å². The van der Waals surface area contributed by atoms with Crippen molar-refractivity contribution < 1.29 is 14.3 Å². The fourth-order valence-corrected chi connectivity index (χ4v) is 2.05. The molecule has 0 aliphatic carbocycles. The maximum atomic E-state index is 12.2. The third-order valence-corrected chi connectivity index (χ3v) is 3.40. The number of esters is 1. The molecule has 2 aromatic rings. The van der Waals surface area contributed by atoms with Gasteiger partial charge in [-0.2, -0.15) is 5.26 Å². The average Bonchev–Trinajstić information content (AvgIpc) is 2.61. The zero-order valence-electron chi connectivity index (χ0n) is 13.4. The summed E-state index contributed by atoms with van der Waals surface area (Å²) in [4.78, 5) is 23.6. The third-order valence-electron chi connectivity index (χ3n) is 3.40. The van der Waals surface area contributed by atoms with Crippen LogP contribution in [0.5, 0.6) is 0 Å². The van der Waals surface area contributed by atoms with Crippen molar-refractivity contribution in [2.75, 3.05) is 12.4 Å². The Hall–Kier alpha value is -3.39. The van der Waals surface area contributed by atoms with Crippen LogP contribution in [0.3, 0.4) is 0 Å². The second-order valence-corrected chi connectivity index (χ2v) is 5.05. The number of amides is 1. The van der Waals surface area contributed by atoms with Gasteiger partial charge in [-0.15, -0.1) is 0 Å². The number of hydrogen-bond acceptors (Lipinski definition) is 4. The first-order chi connectivity index (χ1) is 11.5. The van der Waals surface area contributed by atoms with Gasteiger partial charge >= 0.3 is 5.97 Å². The molecule has 0 aromatic heterocycles. The molecule has 120 valence electrons. The van der Waals surface area contributed by atoms with Crippen LogP contribution in [0.1, 0.15) is 21.5 Å². The van der Waals surface area contributed by atoms with E-state index < -0.39 is 11.9 Å². The molecule has 0 aliphatic rings. The summed E-state index contributed by atoms with van der Waals surface area (Å²) in [6, 6.07) is 15.7. The van der Waals surface area contributed by atoms with Gasteiger partial charge < -0.3 is 10.1 Å². The van der Waals surface area contributed by atoms with Crippen molar-refractivity contribution in [2.24, 2.45) is 0 Å². The lowest BCUT2D eigenvalue weighted by Crippen LogP contribution is -2.14. The predicted octanol–water partition coefficient (Wildman–Crippen LogP) is 3.33. The molecule has 0 saturated heterocycles. The van der Waals surface area contributed by atoms with Gasteiger partial charge in [-0.05, 0) is 42.3 Å². The van der Waals surface area contributed by atoms with E-state index >= 15 is 0 Å². The quantitative estimate of drug-likeness (QED) is 0.532. The molecule has 0 fully saturated rings. The normalized spacial score (nSPS) is 10.6. The first kappa shape index (κ1) is 17.0. The molecule has 0 bridgehead atoms. The van der Waals surface area contributed by atoms with Crippen LogP contribution in [0, 0.1) is 18.3 Å². The Labute approximate surface area is 140 Å². The Morgan fingerprint density at radius 3 is 2.38 bits per heavy atom. The largest absolute Gasteiger partial charge is 0.465 e. The van der Waals surface area contributed by atoms with Crippen molar-refractivity contribution >= 4 is 23.6 Å². The van der Waals surface area contributed by atoms with Crippen LogP contribution in [-0.2, 0) is 9.53 Å². The SMILES string of the molecule is COC(=O)c1ccc(/C=C(\C#N)C(=O)Nc2ccccc2C)cc1. The minimum Gasteiger partial charge on any atom is -0.465 e. The van der Waals surface area contributed by atoms with E-state index in [4.69, 9.17) is 0 Å². The van der Waals surface area contributed by atoms with Crippen LogP contribution in [0.15, 0.2) is 54.1 Å². The number of carbonyl (C=O) groups is 2. The summed E-state index contributed by atoms with van der Waals surface area (Å²) >= 11 is 0. The van der Waals surface area contributed by atoms with Crippen LogP contribution in [-0.4, -0.2) is 19.0 Å². The number of hydrogen-bond donors (Lipinski definition) is 1. The monoisotopic (exact) mass is 320 g/mol. The van der Waals surface area contributed by atoms with Crippen LogP contribution in [0.4, 0.5) is 5.69 Å². The molecule has 0 aliphatic heterocycles. The molecule has 2 rings (SSSR count). The standard InChI is InChI=1S/C19H16N2O3/c1-13-5-3-4-6-17(13)21-18(22)16(12-20)11-14-7-9-15(10-8-14)19(23)24-2/h3-11H,1-2H3,(H,21,22)/b16-11+. The van der Waals surface area contributed by atoms with Gasteiger partial charge in [-0.25, -0.2) is 4.79 Å². The second kappa shape index (κ2) is 7.75. The van der Waals surface area contributed by atoms with E-state index in [0.29, 0.717) is 16.8 Å². The molecular weight excluding hydrogens is 304 g/mol. The van der Waals surface area contributed by atoms with E-state index in [9.17, 15) is 14.9 Å². The lowest BCUT2D eigenvalue weighted by atomic mass is 10.1. The average molecular weight is 320 g/mol. The van der Waals surface area contributed by atoms with Gasteiger partial charge in [0.05, 0.1) is 12.7 Å². The molecule has 0 unspecified atom stereocenters. The zero-order valence-corrected chi connectivity index (χ0v) is 13.4. The number of nitrogens with one attached hydrogen (secondary N) is 1. The molecule has 0 saturated carbocycles. The van der Waals surface area contributed by atoms with Crippen molar-refractivity contribution in [1.29, 1.82) is 5.26 Å². The van der Waals surface area contributed by atoms with E-state index in [1.165, 1.54) is 13.2 Å². The second-order valence-electron chi connectivity index (χ2n) is 5.05. The number of para-hydroxylation sites is 1. The molecule has 1 N–H and O–H groups in total. The summed E-state index contributed by atoms with van der Waals surface area (Å²) in [6.45, 7) is 1.87. The summed E-state index contributed by atoms with van der Waals surface area (Å²) in [7, 11) is 1.31. The van der Waals surface area contributed by atoms with Gasteiger partial charge in [-0.3, -0.25) is 4.79 Å². The summed E-state index contributed by atoms with van der Waals surface area (Å²) in [6.07, 6.45) is 1.47. The topological polar surface area (TPSA) is 79.2 Å². The molecule has 1 amide bonds. The number of nitriles is 1. The van der Waals surface area contributed by atoms with Gasteiger partial charge in [0.2, 0.25) is 0 Å². The molecular formula is C19H16N2O3. The lowest BCUT2D eigenvalue weighted by Gasteiger charge is -2.07. The smallest absolute Gasteiger partial charge is 0.337 e. The maximum absolute atomic E-state index is 12.2. The molecule has 5 nitrogen and oxygen atoms in total. The fourth-order valence-electron chi connectivity index (χ4n) is 2.05. The van der Waals surface area contributed by atoms with Gasteiger partial charge in [-0.1, -0.05) is 30.3 Å². The van der Waals surface area contributed by atoms with E-state index in [0.717, 1.165) is 5.56 Å². The third kappa shape index (κ3) is 4.08. The van der Waals surface area contributed by atoms with E-state index in [-0.39, 0.29) is 5.57 Å². The molecule has 24 heavy (non-hydrogen) atoms. The highest BCUT2D eigenvalue weighted by Crippen LogP contribution is 2.15. The van der Waals surface area contributed by atoms with Gasteiger partial charge in [0.25, 0.3) is 5.91 Å². The summed E-state index contributed by atoms with van der Waals surface area (Å²) < 4.78 is 4.62. The molecule has 0 heterocycles. The van der Waals surface area contributed by atoms with Crippen LogP contribution >= 0.6 is 0 Å². The number of ether oxygens (including phenoxy) is 1. The molecule has 0 atom stereocenters. The summed E-state index contributed by atoms with van der Waals surface area (Å²) in [5.74, 6) is -0.924. The first-order valence-corrected chi connectivity index (χ1v) is 7.22. The Morgan fingerprint density at radius 1 is 1.12 bits per heavy atom. The van der Waals surface area contributed by atoms with Gasteiger partial charge in [0, 0.05) is 5.69 Å². The minimum absolute atomic E-state index is 0.0240. The number of nitrogens with zero attached hydrogens (tertiary/aromatic N) is 1. The minimum atomic E-state index is -0.483. The Kier molecular flexibility index (Phi) is 5.48. The number of anilines is 1. The number of rotatable bonds is 4. The van der Waals surface area contributed by atoms with E-state index in [1.54, 1.807) is 30.3 Å². The molecule has 0 radical (unpaired) electrons. The highest BCUT2D eigenvalue weighted by Gasteiger charge is 2.11. The number of methoxy groups -OCH3 is 1. The first-order valence-electron chi connectivity index (χ1n) is 7.22. The van der Waals surface area contributed by atoms with Crippen molar-refractivity contribution in [1.82, 2.24) is 0 Å². The van der Waals surface area contributed by atoms with Crippen molar-refractivity contribution in [3.05, 3.63) is 70.8 Å². The Morgan fingerprint density at radius 2 is 1.79 bits per heavy atom. The van der Waals surface area contributed by atoms with Gasteiger partial charge in [0.15, 0.2) is 0 Å². The van der Waals surface area contributed by atoms with Crippen LogP contribution in [0.2, 0.25) is 0 Å². The van der Waals surface area contributed by atoms with Gasteiger partial charge in [0.1, 0.15) is 11.6 Å². The zero-order chi connectivity index (χ0) is 17.5. The number of aryl methyl sites for hydroxylation is 1. The van der Waals surface area contributed by atoms with E-state index in [1.807, 2.05) is 31.2 Å². The van der Waals surface area contributed by atoms with Crippen molar-refractivity contribution in [2.45, 2.75) is 6.92 Å². The van der Waals surface area contributed by atoms with E-state index in [2.05, 4.69) is 10.1 Å². The number of benzene rings is 2. The molecule has 0 spiro atoms. The highest BCUT2D eigenvalue weighted by atomic mass is 16.5. The van der Waals surface area contributed by atoms with Crippen molar-refractivity contribution in [3.63, 3.8) is 0 Å². The lowest BCUT2D eigenvalue weighted by molar-refractivity contribution is -0.112. The summed E-state index contributed by atoms with van der Waals surface area (Å²) in [5, 5.41) is 11.9. The van der Waals surface area contributed by atoms with Crippen LogP contribution in [0.25, 0.3) is 6.08 Å². The predicted molar refractivity (Wildman–Crippen MR) is 91.2 cm³/mol. The highest BCUT2D eigenvalue weighted by molar-refractivity contribution is 6.10. The Bertz CT molecular complexity index is 830. The van der Waals surface area contributed by atoms with Crippen LogP contribution < -0.4 is 5.32 Å². The maximum Gasteiger partial charge on any atom is 0.337 e. The molecule has 2 aromatic carbocycles. The fraction of sp³-hybridized carbons (Fsp3) is 0.105.